The van der Waals surface area contributed by atoms with Crippen LogP contribution in [0.4, 0.5) is 5.69 Å². The molecule has 3 atom stereocenters. The van der Waals surface area contributed by atoms with Gasteiger partial charge in [0.1, 0.15) is 5.75 Å². The van der Waals surface area contributed by atoms with Crippen molar-refractivity contribution >= 4 is 27.4 Å². The van der Waals surface area contributed by atoms with E-state index in [2.05, 4.69) is 39.5 Å². The van der Waals surface area contributed by atoms with Crippen LogP contribution in [0.3, 0.4) is 0 Å². The lowest BCUT2D eigenvalue weighted by atomic mass is 9.76. The summed E-state index contributed by atoms with van der Waals surface area (Å²) in [6.07, 6.45) is 5.55. The molecule has 3 nitrogen and oxygen atoms in total. The number of hydrogen-bond donors (Lipinski definition) is 1. The lowest BCUT2D eigenvalue weighted by molar-refractivity contribution is 0.101. The molecule has 128 valence electrons. The molecule has 4 heteroatoms. The third kappa shape index (κ3) is 2.78. The highest BCUT2D eigenvalue weighted by atomic mass is 79.9. The second-order valence-electron chi connectivity index (χ2n) is 6.72. The van der Waals surface area contributed by atoms with Crippen molar-refractivity contribution in [3.05, 3.63) is 69.7 Å². The van der Waals surface area contributed by atoms with Crippen LogP contribution >= 0.6 is 15.9 Å². The first-order valence-electron chi connectivity index (χ1n) is 8.50. The number of anilines is 1. The number of rotatable bonds is 3. The average Bonchev–Trinajstić information content (AvgIpc) is 3.10. The number of nitrogens with one attached hydrogen (secondary N) is 1. The molecule has 4 rings (SSSR count). The topological polar surface area (TPSA) is 38.3 Å². The highest BCUT2D eigenvalue weighted by Crippen LogP contribution is 2.51. The van der Waals surface area contributed by atoms with Gasteiger partial charge in [0.2, 0.25) is 0 Å². The van der Waals surface area contributed by atoms with E-state index in [1.54, 1.807) is 14.0 Å². The number of Topliss-reactive ketones (excluding diaryl/α,β-unsaturated/α-hetero) is 1. The minimum Gasteiger partial charge on any atom is -0.496 e. The minimum atomic E-state index is 0.108. The van der Waals surface area contributed by atoms with Crippen LogP contribution in [0.2, 0.25) is 0 Å². The molecule has 0 saturated carbocycles. The first-order chi connectivity index (χ1) is 12.1. The number of ether oxygens (including phenoxy) is 1. The molecular formula is C21H20BrNO2. The van der Waals surface area contributed by atoms with E-state index < -0.39 is 0 Å². The minimum absolute atomic E-state index is 0.108. The van der Waals surface area contributed by atoms with Gasteiger partial charge in [0.15, 0.2) is 5.78 Å². The molecule has 2 aromatic carbocycles. The highest BCUT2D eigenvalue weighted by molar-refractivity contribution is 9.10. The van der Waals surface area contributed by atoms with E-state index in [-0.39, 0.29) is 11.8 Å². The maximum atomic E-state index is 11.8. The Balaban J connectivity index is 1.81. The Hall–Kier alpha value is -2.07. The van der Waals surface area contributed by atoms with Gasteiger partial charge in [0, 0.05) is 27.2 Å². The van der Waals surface area contributed by atoms with E-state index >= 15 is 0 Å². The summed E-state index contributed by atoms with van der Waals surface area (Å²) >= 11 is 3.59. The molecule has 0 radical (unpaired) electrons. The second kappa shape index (κ2) is 6.34. The van der Waals surface area contributed by atoms with Crippen LogP contribution in [0.15, 0.2) is 53.0 Å². The molecule has 0 aromatic heterocycles. The molecule has 1 aliphatic heterocycles. The van der Waals surface area contributed by atoms with Gasteiger partial charge in [-0.1, -0.05) is 28.1 Å². The zero-order chi connectivity index (χ0) is 17.6. The Bertz CT molecular complexity index is 874. The summed E-state index contributed by atoms with van der Waals surface area (Å²) in [5.74, 6) is 1.74. The van der Waals surface area contributed by atoms with Crippen molar-refractivity contribution in [2.24, 2.45) is 5.92 Å². The van der Waals surface area contributed by atoms with Crippen LogP contribution < -0.4 is 10.1 Å². The predicted molar refractivity (Wildman–Crippen MR) is 103 cm³/mol. The maximum absolute atomic E-state index is 11.8. The normalized spacial score (nSPS) is 23.6. The summed E-state index contributed by atoms with van der Waals surface area (Å²) in [5, 5.41) is 3.70. The molecule has 0 fully saturated rings. The van der Waals surface area contributed by atoms with Gasteiger partial charge < -0.3 is 10.1 Å². The van der Waals surface area contributed by atoms with Crippen molar-refractivity contribution in [3.8, 4) is 5.75 Å². The first-order valence-corrected chi connectivity index (χ1v) is 9.29. The molecule has 0 bridgehead atoms. The van der Waals surface area contributed by atoms with Gasteiger partial charge in [-0.25, -0.2) is 0 Å². The molecule has 2 aliphatic rings. The van der Waals surface area contributed by atoms with Crippen molar-refractivity contribution in [2.75, 3.05) is 12.4 Å². The average molecular weight is 398 g/mol. The first kappa shape index (κ1) is 16.4. The van der Waals surface area contributed by atoms with Crippen molar-refractivity contribution in [3.63, 3.8) is 0 Å². The SMILES string of the molecule is COc1ccc(Br)cc1C1Nc2ccc(C(C)=O)cc2C2C=CCC21. The maximum Gasteiger partial charge on any atom is 0.159 e. The van der Waals surface area contributed by atoms with E-state index in [4.69, 9.17) is 4.74 Å². The van der Waals surface area contributed by atoms with Crippen LogP contribution in [0, 0.1) is 5.92 Å². The molecule has 0 spiro atoms. The number of benzene rings is 2. The molecule has 0 amide bonds. The number of hydrogen-bond acceptors (Lipinski definition) is 3. The van der Waals surface area contributed by atoms with Crippen LogP contribution in [-0.2, 0) is 0 Å². The fourth-order valence-corrected chi connectivity index (χ4v) is 4.45. The van der Waals surface area contributed by atoms with E-state index in [1.807, 2.05) is 30.3 Å². The Morgan fingerprint density at radius 1 is 1.20 bits per heavy atom. The van der Waals surface area contributed by atoms with Gasteiger partial charge >= 0.3 is 0 Å². The highest BCUT2D eigenvalue weighted by Gasteiger charge is 2.39. The second-order valence-corrected chi connectivity index (χ2v) is 7.64. The van der Waals surface area contributed by atoms with Gasteiger partial charge in [-0.15, -0.1) is 0 Å². The third-order valence-electron chi connectivity index (χ3n) is 5.30. The van der Waals surface area contributed by atoms with Crippen molar-refractivity contribution in [1.29, 1.82) is 0 Å². The number of allylic oxidation sites excluding steroid dienone is 2. The molecule has 1 heterocycles. The summed E-state index contributed by atoms with van der Waals surface area (Å²) in [6, 6.07) is 12.3. The quantitative estimate of drug-likeness (QED) is 0.549. The fourth-order valence-electron chi connectivity index (χ4n) is 4.07. The number of carbonyl (C=O) groups is 1. The number of halogens is 1. The lowest BCUT2D eigenvalue weighted by Gasteiger charge is -2.38. The zero-order valence-electron chi connectivity index (χ0n) is 14.3. The van der Waals surface area contributed by atoms with Gasteiger partial charge in [-0.05, 0) is 61.2 Å². The number of fused-ring (bicyclic) bond motifs is 3. The number of carbonyl (C=O) groups excluding carboxylic acids is 1. The molecule has 2 aromatic rings. The number of methoxy groups -OCH3 is 1. The van der Waals surface area contributed by atoms with Crippen LogP contribution in [-0.4, -0.2) is 12.9 Å². The Morgan fingerprint density at radius 3 is 2.80 bits per heavy atom. The van der Waals surface area contributed by atoms with Gasteiger partial charge in [-0.3, -0.25) is 4.79 Å². The predicted octanol–water partition coefficient (Wildman–Crippen LogP) is 5.49. The van der Waals surface area contributed by atoms with Gasteiger partial charge in [-0.2, -0.15) is 0 Å². The van der Waals surface area contributed by atoms with E-state index in [9.17, 15) is 4.79 Å². The smallest absolute Gasteiger partial charge is 0.159 e. The largest absolute Gasteiger partial charge is 0.496 e. The van der Waals surface area contributed by atoms with E-state index in [0.717, 1.165) is 33.5 Å². The van der Waals surface area contributed by atoms with Crippen LogP contribution in [0.25, 0.3) is 0 Å². The molecule has 25 heavy (non-hydrogen) atoms. The molecule has 3 unspecified atom stereocenters. The van der Waals surface area contributed by atoms with Crippen LogP contribution in [0.1, 0.15) is 46.8 Å². The van der Waals surface area contributed by atoms with Gasteiger partial charge in [0.25, 0.3) is 0 Å². The monoisotopic (exact) mass is 397 g/mol. The van der Waals surface area contributed by atoms with Crippen molar-refractivity contribution in [1.82, 2.24) is 0 Å². The summed E-state index contributed by atoms with van der Waals surface area (Å²) in [7, 11) is 1.72. The van der Waals surface area contributed by atoms with E-state index in [0.29, 0.717) is 11.8 Å². The summed E-state index contributed by atoms with van der Waals surface area (Å²) < 4.78 is 6.66. The molecule has 0 saturated heterocycles. The fraction of sp³-hybridized carbons (Fsp3) is 0.286. The Kier molecular flexibility index (Phi) is 4.16. The third-order valence-corrected chi connectivity index (χ3v) is 5.79. The lowest BCUT2D eigenvalue weighted by Crippen LogP contribution is -2.29. The summed E-state index contributed by atoms with van der Waals surface area (Å²) in [6.45, 7) is 1.62. The zero-order valence-corrected chi connectivity index (χ0v) is 15.8. The molecule has 1 N–H and O–H groups in total. The standard InChI is InChI=1S/C21H20BrNO2/c1-12(24)13-6-8-19-17(10-13)15-4-3-5-16(15)21(23-19)18-11-14(22)7-9-20(18)25-2/h3-4,6-11,15-16,21,23H,5H2,1-2H3. The Morgan fingerprint density at radius 2 is 2.04 bits per heavy atom. The Labute approximate surface area is 156 Å². The number of ketones is 1. The van der Waals surface area contributed by atoms with E-state index in [1.165, 1.54) is 5.56 Å². The summed E-state index contributed by atoms with van der Waals surface area (Å²) in [5.41, 5.74) is 4.26. The van der Waals surface area contributed by atoms with Crippen molar-refractivity contribution < 1.29 is 9.53 Å². The van der Waals surface area contributed by atoms with Crippen molar-refractivity contribution in [2.45, 2.75) is 25.3 Å². The van der Waals surface area contributed by atoms with Crippen LogP contribution in [0.5, 0.6) is 5.75 Å². The van der Waals surface area contributed by atoms with Gasteiger partial charge in [0.05, 0.1) is 13.2 Å². The summed E-state index contributed by atoms with van der Waals surface area (Å²) in [4.78, 5) is 11.8. The molecule has 1 aliphatic carbocycles. The molecular weight excluding hydrogens is 378 g/mol.